The Morgan fingerprint density at radius 3 is 2.77 bits per heavy atom. The molecule has 0 saturated heterocycles. The standard InChI is InChI=1S/C8H15N5/c1-5(9)4-11-7-3-6(2)12-8(10)13-7/h3,5H,4,9H2,1-2H3,(H3,10,11,12,13). The minimum atomic E-state index is 0.0940. The van der Waals surface area contributed by atoms with Gasteiger partial charge in [-0.25, -0.2) is 4.98 Å². The molecule has 0 aliphatic heterocycles. The summed E-state index contributed by atoms with van der Waals surface area (Å²) in [6.45, 7) is 4.47. The SMILES string of the molecule is Cc1cc(NCC(C)N)nc(N)n1. The number of nitrogens with zero attached hydrogens (tertiary/aromatic N) is 2. The zero-order valence-electron chi connectivity index (χ0n) is 7.91. The largest absolute Gasteiger partial charge is 0.368 e. The number of nitrogen functional groups attached to an aromatic ring is 1. The van der Waals surface area contributed by atoms with Crippen LogP contribution in [0.5, 0.6) is 0 Å². The zero-order valence-corrected chi connectivity index (χ0v) is 7.91. The molecule has 5 N–H and O–H groups in total. The third kappa shape index (κ3) is 3.25. The van der Waals surface area contributed by atoms with Gasteiger partial charge in [-0.15, -0.1) is 0 Å². The summed E-state index contributed by atoms with van der Waals surface area (Å²) >= 11 is 0. The topological polar surface area (TPSA) is 89.8 Å². The van der Waals surface area contributed by atoms with Gasteiger partial charge in [0.25, 0.3) is 0 Å². The summed E-state index contributed by atoms with van der Waals surface area (Å²) in [5.41, 5.74) is 11.9. The van der Waals surface area contributed by atoms with Crippen LogP contribution in [-0.2, 0) is 0 Å². The molecular weight excluding hydrogens is 166 g/mol. The van der Waals surface area contributed by atoms with Crippen LogP contribution in [0.1, 0.15) is 12.6 Å². The summed E-state index contributed by atoms with van der Waals surface area (Å²) in [5.74, 6) is 1.01. The maximum Gasteiger partial charge on any atom is 0.222 e. The van der Waals surface area contributed by atoms with Crippen LogP contribution in [0, 0.1) is 6.92 Å². The first-order chi connectivity index (χ1) is 6.08. The van der Waals surface area contributed by atoms with Crippen LogP contribution >= 0.6 is 0 Å². The summed E-state index contributed by atoms with van der Waals surface area (Å²) in [6, 6.07) is 1.93. The molecule has 0 aromatic carbocycles. The molecule has 0 radical (unpaired) electrons. The van der Waals surface area contributed by atoms with Crippen molar-refractivity contribution < 1.29 is 0 Å². The Balaban J connectivity index is 2.66. The Hall–Kier alpha value is -1.36. The highest BCUT2D eigenvalue weighted by Gasteiger charge is 1.99. The maximum absolute atomic E-state index is 5.58. The second-order valence-corrected chi connectivity index (χ2v) is 3.11. The van der Waals surface area contributed by atoms with E-state index in [1.807, 2.05) is 19.9 Å². The van der Waals surface area contributed by atoms with Crippen molar-refractivity contribution in [3.63, 3.8) is 0 Å². The Morgan fingerprint density at radius 2 is 2.23 bits per heavy atom. The van der Waals surface area contributed by atoms with Crippen LogP contribution in [0.15, 0.2) is 6.07 Å². The predicted octanol–water partition coefficient (Wildman–Crippen LogP) is 0.126. The molecular formula is C8H15N5. The predicted molar refractivity (Wildman–Crippen MR) is 53.3 cm³/mol. The van der Waals surface area contributed by atoms with Crippen LogP contribution in [0.25, 0.3) is 0 Å². The lowest BCUT2D eigenvalue weighted by Crippen LogP contribution is -2.25. The molecule has 5 heteroatoms. The van der Waals surface area contributed by atoms with Gasteiger partial charge in [-0.2, -0.15) is 4.98 Å². The monoisotopic (exact) mass is 181 g/mol. The quantitative estimate of drug-likeness (QED) is 0.616. The average Bonchev–Trinajstić information content (AvgIpc) is 1.99. The van der Waals surface area contributed by atoms with Gasteiger partial charge in [-0.05, 0) is 13.8 Å². The molecule has 0 fully saturated rings. The van der Waals surface area contributed by atoms with Gasteiger partial charge in [0.2, 0.25) is 5.95 Å². The van der Waals surface area contributed by atoms with E-state index in [4.69, 9.17) is 11.5 Å². The van der Waals surface area contributed by atoms with E-state index in [2.05, 4.69) is 15.3 Å². The van der Waals surface area contributed by atoms with E-state index in [1.54, 1.807) is 0 Å². The van der Waals surface area contributed by atoms with Crippen molar-refractivity contribution in [1.82, 2.24) is 9.97 Å². The highest BCUT2D eigenvalue weighted by molar-refractivity contribution is 5.40. The number of hydrogen-bond donors (Lipinski definition) is 3. The molecule has 1 aromatic heterocycles. The Labute approximate surface area is 77.6 Å². The van der Waals surface area contributed by atoms with E-state index in [1.165, 1.54) is 0 Å². The molecule has 1 rings (SSSR count). The lowest BCUT2D eigenvalue weighted by Gasteiger charge is -2.08. The fourth-order valence-corrected chi connectivity index (χ4v) is 0.948. The fraction of sp³-hybridized carbons (Fsp3) is 0.500. The summed E-state index contributed by atoms with van der Waals surface area (Å²) in [6.07, 6.45) is 0. The molecule has 72 valence electrons. The molecule has 0 amide bonds. The lowest BCUT2D eigenvalue weighted by atomic mass is 10.3. The molecule has 1 heterocycles. The number of anilines is 2. The molecule has 0 saturated carbocycles. The summed E-state index contributed by atoms with van der Waals surface area (Å²) in [7, 11) is 0. The van der Waals surface area contributed by atoms with Crippen molar-refractivity contribution in [1.29, 1.82) is 0 Å². The molecule has 0 aliphatic carbocycles. The first-order valence-electron chi connectivity index (χ1n) is 4.18. The van der Waals surface area contributed by atoms with E-state index in [0.29, 0.717) is 6.54 Å². The molecule has 0 spiro atoms. The van der Waals surface area contributed by atoms with Gasteiger partial charge in [0.05, 0.1) is 0 Å². The zero-order chi connectivity index (χ0) is 9.84. The van der Waals surface area contributed by atoms with Crippen LogP contribution in [0.4, 0.5) is 11.8 Å². The molecule has 13 heavy (non-hydrogen) atoms. The minimum absolute atomic E-state index is 0.0940. The van der Waals surface area contributed by atoms with Crippen LogP contribution in [0.2, 0.25) is 0 Å². The van der Waals surface area contributed by atoms with E-state index in [0.717, 1.165) is 11.5 Å². The van der Waals surface area contributed by atoms with Crippen molar-refractivity contribution in [2.24, 2.45) is 5.73 Å². The second-order valence-electron chi connectivity index (χ2n) is 3.11. The number of aromatic nitrogens is 2. The van der Waals surface area contributed by atoms with Crippen molar-refractivity contribution in [3.05, 3.63) is 11.8 Å². The first-order valence-corrected chi connectivity index (χ1v) is 4.18. The van der Waals surface area contributed by atoms with Crippen molar-refractivity contribution >= 4 is 11.8 Å². The van der Waals surface area contributed by atoms with Gasteiger partial charge < -0.3 is 16.8 Å². The number of nitrogens with one attached hydrogen (secondary N) is 1. The van der Waals surface area contributed by atoms with Gasteiger partial charge >= 0.3 is 0 Å². The molecule has 0 bridgehead atoms. The smallest absolute Gasteiger partial charge is 0.222 e. The normalized spacial score (nSPS) is 12.5. The van der Waals surface area contributed by atoms with Crippen molar-refractivity contribution in [2.75, 3.05) is 17.6 Å². The summed E-state index contributed by atoms with van der Waals surface area (Å²) in [4.78, 5) is 7.96. The van der Waals surface area contributed by atoms with Gasteiger partial charge in [-0.3, -0.25) is 0 Å². The van der Waals surface area contributed by atoms with E-state index >= 15 is 0 Å². The second kappa shape index (κ2) is 4.04. The van der Waals surface area contributed by atoms with E-state index in [-0.39, 0.29) is 12.0 Å². The first kappa shape index (κ1) is 9.73. The highest BCUT2D eigenvalue weighted by atomic mass is 15.1. The number of rotatable bonds is 3. The van der Waals surface area contributed by atoms with E-state index < -0.39 is 0 Å². The fourth-order valence-electron chi connectivity index (χ4n) is 0.948. The van der Waals surface area contributed by atoms with E-state index in [9.17, 15) is 0 Å². The summed E-state index contributed by atoms with van der Waals surface area (Å²) < 4.78 is 0. The molecule has 0 aliphatic rings. The van der Waals surface area contributed by atoms with Crippen LogP contribution in [0.3, 0.4) is 0 Å². The average molecular weight is 181 g/mol. The third-order valence-corrected chi connectivity index (χ3v) is 1.48. The van der Waals surface area contributed by atoms with Gasteiger partial charge in [0, 0.05) is 24.3 Å². The Bertz CT molecular complexity index is 264. The summed E-state index contributed by atoms with van der Waals surface area (Å²) in [5, 5.41) is 3.07. The molecule has 5 nitrogen and oxygen atoms in total. The number of aryl methyl sites for hydroxylation is 1. The van der Waals surface area contributed by atoms with Crippen LogP contribution in [-0.4, -0.2) is 22.6 Å². The molecule has 1 unspecified atom stereocenters. The highest BCUT2D eigenvalue weighted by Crippen LogP contribution is 2.06. The van der Waals surface area contributed by atoms with Crippen molar-refractivity contribution in [2.45, 2.75) is 19.9 Å². The van der Waals surface area contributed by atoms with Gasteiger partial charge in [0.15, 0.2) is 0 Å². The van der Waals surface area contributed by atoms with Crippen LogP contribution < -0.4 is 16.8 Å². The molecule has 1 atom stereocenters. The third-order valence-electron chi connectivity index (χ3n) is 1.48. The lowest BCUT2D eigenvalue weighted by molar-refractivity contribution is 0.777. The number of nitrogens with two attached hydrogens (primary N) is 2. The van der Waals surface area contributed by atoms with Gasteiger partial charge in [-0.1, -0.05) is 0 Å². The Kier molecular flexibility index (Phi) is 3.02. The Morgan fingerprint density at radius 1 is 1.54 bits per heavy atom. The number of hydrogen-bond acceptors (Lipinski definition) is 5. The maximum atomic E-state index is 5.58. The van der Waals surface area contributed by atoms with Crippen molar-refractivity contribution in [3.8, 4) is 0 Å². The molecule has 1 aromatic rings. The minimum Gasteiger partial charge on any atom is -0.368 e. The van der Waals surface area contributed by atoms with Gasteiger partial charge in [0.1, 0.15) is 5.82 Å².